The van der Waals surface area contributed by atoms with E-state index in [1.54, 1.807) is 0 Å². The molecule has 0 aliphatic heterocycles. The minimum absolute atomic E-state index is 0.298. The van der Waals surface area contributed by atoms with Crippen LogP contribution in [0.5, 0.6) is 0 Å². The first-order valence-electron chi connectivity index (χ1n) is 6.04. The summed E-state index contributed by atoms with van der Waals surface area (Å²) in [6.07, 6.45) is 0.981. The first kappa shape index (κ1) is 13.0. The van der Waals surface area contributed by atoms with Gasteiger partial charge in [0.05, 0.1) is 11.4 Å². The second kappa shape index (κ2) is 5.44. The summed E-state index contributed by atoms with van der Waals surface area (Å²) in [4.78, 5) is 7.11. The summed E-state index contributed by atoms with van der Waals surface area (Å²) in [6, 6.07) is 4.63. The fourth-order valence-electron chi connectivity index (χ4n) is 1.69. The van der Waals surface area contributed by atoms with Crippen molar-refractivity contribution in [3.8, 4) is 0 Å². The Balaban J connectivity index is 1.98. The lowest BCUT2D eigenvalue weighted by Crippen LogP contribution is -2.20. The number of anilines is 1. The van der Waals surface area contributed by atoms with E-state index >= 15 is 0 Å². The number of rotatable bonds is 4. The SMILES string of the molecule is Cc1ccc(CC(C)Nc2nnc(C)c(C)n2)s1. The van der Waals surface area contributed by atoms with Crippen molar-refractivity contribution in [2.24, 2.45) is 0 Å². The van der Waals surface area contributed by atoms with Crippen molar-refractivity contribution in [1.82, 2.24) is 15.2 Å². The monoisotopic (exact) mass is 262 g/mol. The van der Waals surface area contributed by atoms with Crippen molar-refractivity contribution in [3.63, 3.8) is 0 Å². The largest absolute Gasteiger partial charge is 0.350 e. The molecule has 1 atom stereocenters. The number of hydrogen-bond donors (Lipinski definition) is 1. The average molecular weight is 262 g/mol. The highest BCUT2D eigenvalue weighted by atomic mass is 32.1. The zero-order valence-corrected chi connectivity index (χ0v) is 12.0. The van der Waals surface area contributed by atoms with Crippen LogP contribution >= 0.6 is 11.3 Å². The molecule has 5 heteroatoms. The molecule has 0 amide bonds. The molecule has 2 heterocycles. The summed E-state index contributed by atoms with van der Waals surface area (Å²) in [6.45, 7) is 8.12. The Hall–Kier alpha value is -1.49. The van der Waals surface area contributed by atoms with Crippen LogP contribution in [-0.2, 0) is 6.42 Å². The number of nitrogens with zero attached hydrogens (tertiary/aromatic N) is 3. The van der Waals surface area contributed by atoms with E-state index in [1.807, 2.05) is 25.2 Å². The molecule has 4 nitrogen and oxygen atoms in total. The highest BCUT2D eigenvalue weighted by molar-refractivity contribution is 7.11. The molecule has 0 saturated heterocycles. The number of thiophene rings is 1. The Bertz CT molecular complexity index is 536. The van der Waals surface area contributed by atoms with Gasteiger partial charge in [-0.2, -0.15) is 5.10 Å². The molecular formula is C13H18N4S. The van der Waals surface area contributed by atoms with Crippen LogP contribution in [0.4, 0.5) is 5.95 Å². The maximum absolute atomic E-state index is 4.38. The van der Waals surface area contributed by atoms with Crippen LogP contribution in [0.1, 0.15) is 28.1 Å². The minimum atomic E-state index is 0.298. The zero-order chi connectivity index (χ0) is 13.1. The van der Waals surface area contributed by atoms with Crippen LogP contribution in [0.2, 0.25) is 0 Å². The van der Waals surface area contributed by atoms with E-state index in [1.165, 1.54) is 9.75 Å². The molecule has 2 aromatic heterocycles. The van der Waals surface area contributed by atoms with Crippen molar-refractivity contribution in [2.45, 2.75) is 40.2 Å². The van der Waals surface area contributed by atoms with Gasteiger partial charge in [0.25, 0.3) is 0 Å². The van der Waals surface area contributed by atoms with Crippen LogP contribution in [-0.4, -0.2) is 21.2 Å². The summed E-state index contributed by atoms with van der Waals surface area (Å²) < 4.78 is 0. The molecule has 0 radical (unpaired) electrons. The Labute approximate surface area is 111 Å². The molecule has 0 fully saturated rings. The summed E-state index contributed by atoms with van der Waals surface area (Å²) in [5, 5.41) is 11.4. The van der Waals surface area contributed by atoms with Crippen LogP contribution in [0.15, 0.2) is 12.1 Å². The normalized spacial score (nSPS) is 12.4. The third kappa shape index (κ3) is 3.26. The first-order valence-corrected chi connectivity index (χ1v) is 6.86. The third-order valence-corrected chi connectivity index (χ3v) is 3.79. The van der Waals surface area contributed by atoms with Gasteiger partial charge in [0.1, 0.15) is 0 Å². The molecule has 1 N–H and O–H groups in total. The number of aromatic nitrogens is 3. The summed E-state index contributed by atoms with van der Waals surface area (Å²) in [5.41, 5.74) is 1.80. The first-order chi connectivity index (χ1) is 8.54. The second-order valence-corrected chi connectivity index (χ2v) is 5.94. The van der Waals surface area contributed by atoms with Crippen LogP contribution in [0.25, 0.3) is 0 Å². The molecular weight excluding hydrogens is 244 g/mol. The third-order valence-electron chi connectivity index (χ3n) is 2.77. The Morgan fingerprint density at radius 3 is 2.56 bits per heavy atom. The van der Waals surface area contributed by atoms with Gasteiger partial charge in [-0.1, -0.05) is 0 Å². The van der Waals surface area contributed by atoms with E-state index in [0.717, 1.165) is 17.8 Å². The predicted octanol–water partition coefficient (Wildman–Crippen LogP) is 2.90. The van der Waals surface area contributed by atoms with E-state index in [-0.39, 0.29) is 0 Å². The molecule has 1 unspecified atom stereocenters. The van der Waals surface area contributed by atoms with Gasteiger partial charge in [0, 0.05) is 22.2 Å². The number of nitrogens with one attached hydrogen (secondary N) is 1. The van der Waals surface area contributed by atoms with E-state index in [4.69, 9.17) is 0 Å². The zero-order valence-electron chi connectivity index (χ0n) is 11.2. The molecule has 0 aliphatic carbocycles. The van der Waals surface area contributed by atoms with E-state index in [2.05, 4.69) is 46.5 Å². The maximum atomic E-state index is 4.38. The summed E-state index contributed by atoms with van der Waals surface area (Å²) >= 11 is 1.84. The van der Waals surface area contributed by atoms with Crippen molar-refractivity contribution >= 4 is 17.3 Å². The molecule has 2 rings (SSSR count). The van der Waals surface area contributed by atoms with Gasteiger partial charge in [0.2, 0.25) is 5.95 Å². The quantitative estimate of drug-likeness (QED) is 0.920. The van der Waals surface area contributed by atoms with Crippen LogP contribution in [0, 0.1) is 20.8 Å². The molecule has 96 valence electrons. The number of aryl methyl sites for hydroxylation is 3. The summed E-state index contributed by atoms with van der Waals surface area (Å²) in [7, 11) is 0. The standard InChI is InChI=1S/C13H18N4S/c1-8(7-12-6-5-9(2)18-12)14-13-15-10(3)11(4)16-17-13/h5-6,8H,7H2,1-4H3,(H,14,15,17). The van der Waals surface area contributed by atoms with Crippen molar-refractivity contribution in [2.75, 3.05) is 5.32 Å². The van der Waals surface area contributed by atoms with Gasteiger partial charge >= 0.3 is 0 Å². The smallest absolute Gasteiger partial charge is 0.243 e. The molecule has 18 heavy (non-hydrogen) atoms. The lowest BCUT2D eigenvalue weighted by Gasteiger charge is -2.12. The molecule has 0 spiro atoms. The lowest BCUT2D eigenvalue weighted by atomic mass is 10.2. The van der Waals surface area contributed by atoms with Gasteiger partial charge in [-0.3, -0.25) is 0 Å². The Morgan fingerprint density at radius 2 is 1.94 bits per heavy atom. The topological polar surface area (TPSA) is 50.7 Å². The number of hydrogen-bond acceptors (Lipinski definition) is 5. The van der Waals surface area contributed by atoms with E-state index in [9.17, 15) is 0 Å². The van der Waals surface area contributed by atoms with Gasteiger partial charge < -0.3 is 5.32 Å². The lowest BCUT2D eigenvalue weighted by molar-refractivity contribution is 0.769. The highest BCUT2D eigenvalue weighted by Crippen LogP contribution is 2.17. The molecule has 0 aromatic carbocycles. The van der Waals surface area contributed by atoms with Crippen molar-refractivity contribution < 1.29 is 0 Å². The second-order valence-electron chi connectivity index (χ2n) is 4.57. The molecule has 0 bridgehead atoms. The minimum Gasteiger partial charge on any atom is -0.350 e. The average Bonchev–Trinajstić information content (AvgIpc) is 2.69. The van der Waals surface area contributed by atoms with Gasteiger partial charge in [-0.05, 0) is 39.8 Å². The fraction of sp³-hybridized carbons (Fsp3) is 0.462. The maximum Gasteiger partial charge on any atom is 0.243 e. The molecule has 0 aliphatic rings. The van der Waals surface area contributed by atoms with Crippen molar-refractivity contribution in [3.05, 3.63) is 33.3 Å². The Morgan fingerprint density at radius 1 is 1.17 bits per heavy atom. The van der Waals surface area contributed by atoms with Crippen LogP contribution < -0.4 is 5.32 Å². The fourth-order valence-corrected chi connectivity index (χ4v) is 2.71. The van der Waals surface area contributed by atoms with Gasteiger partial charge in [-0.15, -0.1) is 16.4 Å². The van der Waals surface area contributed by atoms with E-state index < -0.39 is 0 Å². The predicted molar refractivity (Wildman–Crippen MR) is 75.1 cm³/mol. The highest BCUT2D eigenvalue weighted by Gasteiger charge is 2.08. The van der Waals surface area contributed by atoms with Gasteiger partial charge in [-0.25, -0.2) is 4.98 Å². The summed E-state index contributed by atoms with van der Waals surface area (Å²) in [5.74, 6) is 0.610. The Kier molecular flexibility index (Phi) is 3.91. The van der Waals surface area contributed by atoms with E-state index in [0.29, 0.717) is 12.0 Å². The molecule has 2 aromatic rings. The van der Waals surface area contributed by atoms with Crippen molar-refractivity contribution in [1.29, 1.82) is 0 Å². The van der Waals surface area contributed by atoms with Crippen LogP contribution in [0.3, 0.4) is 0 Å². The molecule has 0 saturated carbocycles. The van der Waals surface area contributed by atoms with Gasteiger partial charge in [0.15, 0.2) is 0 Å².